The molecule has 1 aliphatic rings. The topological polar surface area (TPSA) is 189 Å². The number of hydrogen-bond acceptors (Lipinski definition) is 7. The van der Waals surface area contributed by atoms with Crippen LogP contribution in [-0.4, -0.2) is 53.2 Å². The highest BCUT2D eigenvalue weighted by atomic mass is 32.2. The molecule has 1 aliphatic heterocycles. The second kappa shape index (κ2) is 8.94. The highest BCUT2D eigenvalue weighted by Crippen LogP contribution is 2.32. The highest BCUT2D eigenvalue weighted by Gasteiger charge is 2.23. The fourth-order valence-electron chi connectivity index (χ4n) is 2.03. The van der Waals surface area contributed by atoms with Crippen LogP contribution < -0.4 is 20.5 Å². The van der Waals surface area contributed by atoms with Gasteiger partial charge in [0.25, 0.3) is 16.0 Å². The van der Waals surface area contributed by atoms with Gasteiger partial charge < -0.3 is 10.5 Å². The summed E-state index contributed by atoms with van der Waals surface area (Å²) < 4.78 is 57.6. The number of carbonyl (C=O) groups excluding carboxylic acids is 1. The quantitative estimate of drug-likeness (QED) is 0.240. The molecule has 2 rings (SSSR count). The lowest BCUT2D eigenvalue weighted by molar-refractivity contribution is -0.116. The summed E-state index contributed by atoms with van der Waals surface area (Å²) in [5.74, 6) is -0.767. The number of rotatable bonds is 3. The number of carbonyl (C=O) groups is 1. The Bertz CT molecular complexity index is 961. The van der Waals surface area contributed by atoms with E-state index in [1.54, 1.807) is 12.1 Å². The van der Waals surface area contributed by atoms with Gasteiger partial charge in [-0.3, -0.25) is 20.1 Å². The molecule has 1 aromatic rings. The zero-order chi connectivity index (χ0) is 20.8. The smallest absolute Gasteiger partial charge is 0.261 e. The predicted octanol–water partition coefficient (Wildman–Crippen LogP) is -0.726. The van der Waals surface area contributed by atoms with Gasteiger partial charge in [0, 0.05) is 17.6 Å². The molecule has 1 heterocycles. The highest BCUT2D eigenvalue weighted by molar-refractivity contribution is 7.89. The van der Waals surface area contributed by atoms with Crippen molar-refractivity contribution in [2.45, 2.75) is 11.3 Å². The van der Waals surface area contributed by atoms with Crippen LogP contribution in [0.5, 0.6) is 5.75 Å². The third-order valence-electron chi connectivity index (χ3n) is 3.05. The monoisotopic (exact) mass is 420 g/mol. The number of guanidine groups is 1. The predicted molar refractivity (Wildman–Crippen MR) is 98.3 cm³/mol. The first-order chi connectivity index (χ1) is 12.3. The summed E-state index contributed by atoms with van der Waals surface area (Å²) in [6, 6.07) is 4.64. The Balaban J connectivity index is 0.000000646. The van der Waals surface area contributed by atoms with Gasteiger partial charge in [0.15, 0.2) is 5.96 Å². The molecule has 0 atom stereocenters. The zero-order valence-electron chi connectivity index (χ0n) is 14.5. The maximum Gasteiger partial charge on any atom is 0.261 e. The first kappa shape index (κ1) is 22.6. The van der Waals surface area contributed by atoms with Crippen LogP contribution in [0.3, 0.4) is 0 Å². The Morgan fingerprint density at radius 1 is 1.30 bits per heavy atom. The third-order valence-corrected chi connectivity index (χ3v) is 4.49. The van der Waals surface area contributed by atoms with Crippen molar-refractivity contribution < 1.29 is 30.9 Å². The molecule has 0 saturated carbocycles. The van der Waals surface area contributed by atoms with Gasteiger partial charge in [0.05, 0.1) is 12.9 Å². The van der Waals surface area contributed by atoms with Gasteiger partial charge in [-0.1, -0.05) is 12.1 Å². The van der Waals surface area contributed by atoms with E-state index in [9.17, 15) is 21.6 Å². The minimum Gasteiger partial charge on any atom is -0.491 e. The Labute approximate surface area is 156 Å². The van der Waals surface area contributed by atoms with Crippen LogP contribution in [0.4, 0.5) is 0 Å². The van der Waals surface area contributed by atoms with E-state index in [2.05, 4.69) is 10.0 Å². The second-order valence-electron chi connectivity index (χ2n) is 5.25. The molecule has 0 saturated heterocycles. The Morgan fingerprint density at radius 2 is 1.89 bits per heavy atom. The van der Waals surface area contributed by atoms with E-state index in [1.807, 2.05) is 0 Å². The first-order valence-corrected chi connectivity index (χ1v) is 10.7. The van der Waals surface area contributed by atoms with Crippen molar-refractivity contribution >= 4 is 38.1 Å². The standard InChI is InChI=1S/C13H16N4O4S.CH4O3S/c1-16-22(19,20)10-4-2-3-8-7-9(5-6-21-11(8)10)12(18)17-13(14)15;1-5(2,3)4/h2-4,7,16H,5-6H2,1H3,(H4,14,15,17,18);1H3,(H,2,3,4). The minimum atomic E-state index is -3.67. The van der Waals surface area contributed by atoms with Crippen LogP contribution in [-0.2, 0) is 24.9 Å². The van der Waals surface area contributed by atoms with Gasteiger partial charge in [-0.05, 0) is 19.2 Å². The Hall–Kier alpha value is -2.48. The van der Waals surface area contributed by atoms with E-state index in [4.69, 9.17) is 20.4 Å². The van der Waals surface area contributed by atoms with Gasteiger partial charge in [0.2, 0.25) is 10.0 Å². The number of para-hydroxylation sites is 1. The average Bonchev–Trinajstić information content (AvgIpc) is 2.74. The second-order valence-corrected chi connectivity index (χ2v) is 8.57. The largest absolute Gasteiger partial charge is 0.491 e. The van der Waals surface area contributed by atoms with Crippen molar-refractivity contribution in [3.8, 4) is 5.75 Å². The zero-order valence-corrected chi connectivity index (χ0v) is 16.1. The maximum absolute atomic E-state index is 12.0. The molecule has 13 heteroatoms. The number of hydrogen-bond donors (Lipinski definition) is 5. The van der Waals surface area contributed by atoms with Gasteiger partial charge >= 0.3 is 0 Å². The van der Waals surface area contributed by atoms with Crippen LogP contribution in [0.15, 0.2) is 28.7 Å². The lowest BCUT2D eigenvalue weighted by Crippen LogP contribution is -2.36. The van der Waals surface area contributed by atoms with E-state index in [-0.39, 0.29) is 23.7 Å². The minimum absolute atomic E-state index is 0.0111. The van der Waals surface area contributed by atoms with Crippen molar-refractivity contribution in [2.75, 3.05) is 19.9 Å². The summed E-state index contributed by atoms with van der Waals surface area (Å²) >= 11 is 0. The molecule has 0 fully saturated rings. The number of nitrogens with two attached hydrogens (primary N) is 1. The molecule has 0 unspecified atom stereocenters. The summed E-state index contributed by atoms with van der Waals surface area (Å²) in [5, 5.41) is 9.28. The molecule has 0 radical (unpaired) electrons. The van der Waals surface area contributed by atoms with Gasteiger partial charge in [0.1, 0.15) is 10.6 Å². The molecule has 0 aromatic heterocycles. The number of benzene rings is 1. The molecular weight excluding hydrogens is 400 g/mol. The molecule has 0 aliphatic carbocycles. The van der Waals surface area contributed by atoms with Crippen LogP contribution >= 0.6 is 0 Å². The molecule has 1 amide bonds. The lowest BCUT2D eigenvalue weighted by atomic mass is 10.1. The Morgan fingerprint density at radius 3 is 2.41 bits per heavy atom. The molecule has 27 heavy (non-hydrogen) atoms. The van der Waals surface area contributed by atoms with Gasteiger partial charge in [-0.25, -0.2) is 13.1 Å². The number of ether oxygens (including phenoxy) is 1. The fourth-order valence-corrected chi connectivity index (χ4v) is 2.93. The van der Waals surface area contributed by atoms with Crippen molar-refractivity contribution in [2.24, 2.45) is 5.73 Å². The number of nitrogens with one attached hydrogen (secondary N) is 3. The molecule has 0 bridgehead atoms. The average molecular weight is 420 g/mol. The van der Waals surface area contributed by atoms with E-state index in [0.29, 0.717) is 17.4 Å². The molecule has 6 N–H and O–H groups in total. The molecular formula is C14H20N4O7S2. The number of sulfonamides is 1. The molecule has 0 spiro atoms. The van der Waals surface area contributed by atoms with Crippen LogP contribution in [0.1, 0.15) is 12.0 Å². The van der Waals surface area contributed by atoms with Crippen molar-refractivity contribution in [1.29, 1.82) is 5.41 Å². The van der Waals surface area contributed by atoms with E-state index in [1.165, 1.54) is 19.2 Å². The Kier molecular flexibility index (Phi) is 7.47. The van der Waals surface area contributed by atoms with Crippen LogP contribution in [0.2, 0.25) is 0 Å². The first-order valence-electron chi connectivity index (χ1n) is 7.33. The van der Waals surface area contributed by atoms with Crippen LogP contribution in [0.25, 0.3) is 6.08 Å². The summed E-state index contributed by atoms with van der Waals surface area (Å²) in [5.41, 5.74) is 5.97. The summed E-state index contributed by atoms with van der Waals surface area (Å²) in [6.07, 6.45) is 2.52. The summed E-state index contributed by atoms with van der Waals surface area (Å²) in [6.45, 7) is 0.139. The molecule has 150 valence electrons. The summed E-state index contributed by atoms with van der Waals surface area (Å²) in [7, 11) is -6.03. The van der Waals surface area contributed by atoms with Crippen LogP contribution in [0, 0.1) is 5.41 Å². The van der Waals surface area contributed by atoms with E-state index in [0.717, 1.165) is 0 Å². The lowest BCUT2D eigenvalue weighted by Gasteiger charge is -2.11. The van der Waals surface area contributed by atoms with Crippen molar-refractivity contribution in [1.82, 2.24) is 10.0 Å². The van der Waals surface area contributed by atoms with Gasteiger partial charge in [-0.2, -0.15) is 8.42 Å². The van der Waals surface area contributed by atoms with Crippen molar-refractivity contribution in [3.63, 3.8) is 0 Å². The van der Waals surface area contributed by atoms with E-state index >= 15 is 0 Å². The maximum atomic E-state index is 12.0. The molecule has 1 aromatic carbocycles. The van der Waals surface area contributed by atoms with E-state index < -0.39 is 32.0 Å². The SMILES string of the molecule is CNS(=O)(=O)c1cccc2c1OCCC(C(=O)NC(=N)N)=C2.CS(=O)(=O)O. The number of amides is 1. The normalized spacial score (nSPS) is 13.7. The van der Waals surface area contributed by atoms with Gasteiger partial charge in [-0.15, -0.1) is 0 Å². The third kappa shape index (κ3) is 7.34. The summed E-state index contributed by atoms with van der Waals surface area (Å²) in [4.78, 5) is 11.9. The number of fused-ring (bicyclic) bond motifs is 1. The fraction of sp³-hybridized carbons (Fsp3) is 0.286. The van der Waals surface area contributed by atoms with Crippen molar-refractivity contribution in [3.05, 3.63) is 29.3 Å². The molecule has 11 nitrogen and oxygen atoms in total.